The maximum absolute atomic E-state index is 13.7. The minimum Gasteiger partial charge on any atom is -0.508 e. The number of allylic oxidation sites excluding steroid dienone is 1. The summed E-state index contributed by atoms with van der Waals surface area (Å²) >= 11 is 0. The van der Waals surface area contributed by atoms with Gasteiger partial charge in [0, 0.05) is 11.5 Å². The third-order valence-electron chi connectivity index (χ3n) is 14.6. The van der Waals surface area contributed by atoms with Gasteiger partial charge in [-0.15, -0.1) is 0 Å². The lowest BCUT2D eigenvalue weighted by molar-refractivity contribution is -0.217. The Morgan fingerprint density at radius 2 is 1.61 bits per heavy atom. The van der Waals surface area contributed by atoms with Crippen LogP contribution in [0.25, 0.3) is 6.08 Å². The van der Waals surface area contributed by atoms with Gasteiger partial charge < -0.3 is 19.7 Å². The number of aliphatic hydroxyl groups excluding tert-OH is 1. The number of ether oxygens (including phenoxy) is 2. The second-order valence-electron chi connectivity index (χ2n) is 17.5. The number of carbonyl (C=O) groups excluding carboxylic acids is 2. The van der Waals surface area contributed by atoms with Gasteiger partial charge >= 0.3 is 11.9 Å². The lowest BCUT2D eigenvalue weighted by Gasteiger charge is -2.71. The van der Waals surface area contributed by atoms with Gasteiger partial charge in [-0.05, 0) is 127 Å². The van der Waals surface area contributed by atoms with Gasteiger partial charge in [-0.25, -0.2) is 4.79 Å². The molecule has 0 bridgehead atoms. The van der Waals surface area contributed by atoms with Gasteiger partial charge in [0.2, 0.25) is 0 Å². The fourth-order valence-corrected chi connectivity index (χ4v) is 11.9. The molecule has 5 aliphatic rings. The molecule has 4 saturated carbocycles. The summed E-state index contributed by atoms with van der Waals surface area (Å²) in [5.41, 5.74) is 1.09. The Labute approximate surface area is 276 Å². The van der Waals surface area contributed by atoms with Crippen molar-refractivity contribution in [3.05, 3.63) is 47.6 Å². The van der Waals surface area contributed by atoms with Crippen LogP contribution in [0.3, 0.4) is 0 Å². The van der Waals surface area contributed by atoms with Crippen molar-refractivity contribution >= 4 is 18.0 Å². The third kappa shape index (κ3) is 4.90. The number of hydrogen-bond acceptors (Lipinski definition) is 6. The van der Waals surface area contributed by atoms with E-state index in [-0.39, 0.29) is 56.8 Å². The zero-order valence-electron chi connectivity index (χ0n) is 29.2. The minimum atomic E-state index is -0.538. The average molecular weight is 633 g/mol. The molecule has 8 atom stereocenters. The van der Waals surface area contributed by atoms with E-state index in [0.29, 0.717) is 18.4 Å². The van der Waals surface area contributed by atoms with Crippen LogP contribution >= 0.6 is 0 Å². The van der Waals surface area contributed by atoms with Crippen molar-refractivity contribution in [2.45, 2.75) is 112 Å². The number of methoxy groups -OCH3 is 1. The third-order valence-corrected chi connectivity index (χ3v) is 14.6. The van der Waals surface area contributed by atoms with Crippen LogP contribution in [0.1, 0.15) is 111 Å². The van der Waals surface area contributed by atoms with E-state index in [2.05, 4.69) is 47.6 Å². The van der Waals surface area contributed by atoms with Crippen molar-refractivity contribution in [3.63, 3.8) is 0 Å². The number of hydrogen-bond donors (Lipinski definition) is 2. The SMILES string of the molecule is COC(=O)[C@]12CCC(C)(C)C[C@H]1C1=CC[C@@H]3[C@@]4(C)CC[C@H](O)C(C)(C)[C@@H]4CC[C@@]3(C)[C@]1(COC(=O)/C=C/c1ccc(O)cc1)CC2. The first-order valence-corrected chi connectivity index (χ1v) is 17.7. The van der Waals surface area contributed by atoms with Crippen molar-refractivity contribution in [2.24, 2.45) is 50.2 Å². The molecule has 6 heteroatoms. The highest BCUT2D eigenvalue weighted by Crippen LogP contribution is 2.76. The predicted molar refractivity (Wildman–Crippen MR) is 179 cm³/mol. The number of phenolic OH excluding ortho intramolecular Hbond substituents is 1. The zero-order chi connectivity index (χ0) is 33.3. The van der Waals surface area contributed by atoms with E-state index in [4.69, 9.17) is 9.47 Å². The first kappa shape index (κ1) is 33.3. The Kier molecular flexibility index (Phi) is 8.14. The molecule has 0 saturated heterocycles. The standard InChI is InChI=1S/C40H56O6/c1-35(2)20-21-39(34(44)45-7)22-23-40(25-46-33(43)15-10-26-8-11-27(41)12-9-26)28(29(39)24-35)13-14-31-37(5)18-17-32(42)36(3,4)30(37)16-19-38(31,40)6/h8-13,15,29-32,41-42H,14,16-25H2,1-7H3/b15-10+/t29-,30-,31+,32-,37-,38+,39-,40-/m0/s1. The van der Waals surface area contributed by atoms with Gasteiger partial charge in [-0.2, -0.15) is 0 Å². The van der Waals surface area contributed by atoms with Crippen LogP contribution in [0.5, 0.6) is 5.75 Å². The van der Waals surface area contributed by atoms with Crippen LogP contribution in [0, 0.1) is 50.2 Å². The second kappa shape index (κ2) is 11.2. The fraction of sp³-hybridized carbons (Fsp3) is 0.700. The van der Waals surface area contributed by atoms with E-state index in [1.54, 1.807) is 30.3 Å². The summed E-state index contributed by atoms with van der Waals surface area (Å²) in [6.45, 7) is 14.4. The lowest BCUT2D eigenvalue weighted by Crippen LogP contribution is -2.66. The maximum atomic E-state index is 13.7. The Bertz CT molecular complexity index is 1420. The molecule has 6 rings (SSSR count). The normalized spacial score (nSPS) is 40.8. The van der Waals surface area contributed by atoms with Gasteiger partial charge in [0.05, 0.1) is 18.6 Å². The summed E-state index contributed by atoms with van der Waals surface area (Å²) in [5, 5.41) is 20.8. The predicted octanol–water partition coefficient (Wildman–Crippen LogP) is 8.26. The molecule has 0 aliphatic heterocycles. The van der Waals surface area contributed by atoms with E-state index in [9.17, 15) is 19.8 Å². The quantitative estimate of drug-likeness (QED) is 0.193. The molecule has 6 nitrogen and oxygen atoms in total. The van der Waals surface area contributed by atoms with Gasteiger partial charge in [0.1, 0.15) is 12.4 Å². The summed E-state index contributed by atoms with van der Waals surface area (Å²) in [6, 6.07) is 6.75. The highest BCUT2D eigenvalue weighted by molar-refractivity contribution is 5.87. The lowest BCUT2D eigenvalue weighted by atomic mass is 9.33. The van der Waals surface area contributed by atoms with Gasteiger partial charge in [-0.1, -0.05) is 65.3 Å². The van der Waals surface area contributed by atoms with E-state index >= 15 is 0 Å². The topological polar surface area (TPSA) is 93.1 Å². The number of aliphatic hydroxyl groups is 1. The van der Waals surface area contributed by atoms with Crippen LogP contribution in [-0.2, 0) is 19.1 Å². The molecule has 1 aromatic carbocycles. The van der Waals surface area contributed by atoms with E-state index < -0.39 is 5.41 Å². The molecule has 0 spiro atoms. The molecule has 4 fully saturated rings. The summed E-state index contributed by atoms with van der Waals surface area (Å²) in [4.78, 5) is 27.1. The summed E-state index contributed by atoms with van der Waals surface area (Å²) in [7, 11) is 1.53. The summed E-state index contributed by atoms with van der Waals surface area (Å²) in [5.74, 6) is 0.574. The number of fused-ring (bicyclic) bond motifs is 7. The molecule has 5 aliphatic carbocycles. The monoisotopic (exact) mass is 632 g/mol. The molecule has 46 heavy (non-hydrogen) atoms. The van der Waals surface area contributed by atoms with Gasteiger partial charge in [0.15, 0.2) is 0 Å². The Hall–Kier alpha value is -2.60. The Balaban J connectivity index is 1.42. The smallest absolute Gasteiger partial charge is 0.330 e. The van der Waals surface area contributed by atoms with Crippen molar-refractivity contribution < 1.29 is 29.3 Å². The number of carbonyl (C=O) groups is 2. The van der Waals surface area contributed by atoms with Crippen molar-refractivity contribution in [2.75, 3.05) is 13.7 Å². The largest absolute Gasteiger partial charge is 0.508 e. The zero-order valence-corrected chi connectivity index (χ0v) is 29.2. The number of esters is 2. The first-order chi connectivity index (χ1) is 21.5. The molecule has 252 valence electrons. The Morgan fingerprint density at radius 3 is 2.30 bits per heavy atom. The summed E-state index contributed by atoms with van der Waals surface area (Å²) < 4.78 is 11.9. The van der Waals surface area contributed by atoms with E-state index in [0.717, 1.165) is 69.8 Å². The highest BCUT2D eigenvalue weighted by Gasteiger charge is 2.71. The van der Waals surface area contributed by atoms with E-state index in [1.807, 2.05) is 0 Å². The van der Waals surface area contributed by atoms with Crippen molar-refractivity contribution in [3.8, 4) is 5.75 Å². The van der Waals surface area contributed by atoms with Crippen LogP contribution in [0.15, 0.2) is 42.0 Å². The van der Waals surface area contributed by atoms with Gasteiger partial charge in [-0.3, -0.25) is 4.79 Å². The van der Waals surface area contributed by atoms with E-state index in [1.165, 1.54) is 18.8 Å². The van der Waals surface area contributed by atoms with Crippen LogP contribution in [0.4, 0.5) is 0 Å². The van der Waals surface area contributed by atoms with Crippen LogP contribution in [0.2, 0.25) is 0 Å². The maximum Gasteiger partial charge on any atom is 0.330 e. The molecule has 2 N–H and O–H groups in total. The molecule has 0 unspecified atom stereocenters. The molecule has 0 heterocycles. The minimum absolute atomic E-state index is 0.0518. The van der Waals surface area contributed by atoms with Crippen molar-refractivity contribution in [1.82, 2.24) is 0 Å². The van der Waals surface area contributed by atoms with Crippen LogP contribution < -0.4 is 0 Å². The van der Waals surface area contributed by atoms with Gasteiger partial charge in [0.25, 0.3) is 0 Å². The molecule has 0 radical (unpaired) electrons. The van der Waals surface area contributed by atoms with Crippen LogP contribution in [-0.4, -0.2) is 42.0 Å². The molecular formula is C40H56O6. The Morgan fingerprint density at radius 1 is 0.913 bits per heavy atom. The second-order valence-corrected chi connectivity index (χ2v) is 17.5. The molecule has 0 aromatic heterocycles. The molecular weight excluding hydrogens is 576 g/mol. The average Bonchev–Trinajstić information content (AvgIpc) is 3.01. The van der Waals surface area contributed by atoms with Crippen molar-refractivity contribution in [1.29, 1.82) is 0 Å². The number of benzene rings is 1. The first-order valence-electron chi connectivity index (χ1n) is 17.7. The molecule has 0 amide bonds. The number of phenols is 1. The number of rotatable bonds is 5. The molecule has 1 aromatic rings. The highest BCUT2D eigenvalue weighted by atomic mass is 16.5. The fourth-order valence-electron chi connectivity index (χ4n) is 11.9. The summed E-state index contributed by atoms with van der Waals surface area (Å²) in [6.07, 6.45) is 14.5. The number of aromatic hydroxyl groups is 1.